The highest BCUT2D eigenvalue weighted by Gasteiger charge is 2.18. The van der Waals surface area contributed by atoms with Crippen molar-refractivity contribution < 1.29 is 9.90 Å². The molecule has 3 rings (SSSR count). The van der Waals surface area contributed by atoms with Crippen molar-refractivity contribution in [1.82, 2.24) is 4.57 Å². The number of carboxylic acids is 1. The molecule has 0 atom stereocenters. The van der Waals surface area contributed by atoms with Crippen LogP contribution in [0.25, 0.3) is 22.0 Å². The molecule has 0 unspecified atom stereocenters. The molecule has 3 aromatic rings. The fraction of sp³-hybridized carbons (Fsp3) is 0.118. The summed E-state index contributed by atoms with van der Waals surface area (Å²) in [6.07, 6.45) is -0.0208. The van der Waals surface area contributed by atoms with Crippen LogP contribution in [0.1, 0.15) is 5.69 Å². The lowest BCUT2D eigenvalue weighted by molar-refractivity contribution is -0.136. The monoisotopic (exact) mass is 299 g/mol. The molecule has 1 heterocycles. The zero-order chi connectivity index (χ0) is 15.0. The zero-order valence-corrected chi connectivity index (χ0v) is 12.3. The van der Waals surface area contributed by atoms with Gasteiger partial charge >= 0.3 is 5.97 Å². The lowest BCUT2D eigenvalue weighted by Gasteiger charge is -2.06. The van der Waals surface area contributed by atoms with Crippen LogP contribution < -0.4 is 0 Å². The molecule has 4 heteroatoms. The van der Waals surface area contributed by atoms with Crippen LogP contribution in [0.2, 0.25) is 5.02 Å². The van der Waals surface area contributed by atoms with Gasteiger partial charge in [-0.2, -0.15) is 0 Å². The third kappa shape index (κ3) is 2.41. The van der Waals surface area contributed by atoms with Crippen molar-refractivity contribution in [2.45, 2.75) is 6.42 Å². The molecule has 0 aliphatic heterocycles. The van der Waals surface area contributed by atoms with E-state index in [1.54, 1.807) is 0 Å². The van der Waals surface area contributed by atoms with E-state index in [4.69, 9.17) is 11.6 Å². The molecule has 0 bridgehead atoms. The maximum Gasteiger partial charge on any atom is 0.309 e. The molecule has 106 valence electrons. The van der Waals surface area contributed by atoms with Gasteiger partial charge in [0.05, 0.1) is 6.42 Å². The van der Waals surface area contributed by atoms with Crippen molar-refractivity contribution in [3.63, 3.8) is 0 Å². The highest BCUT2D eigenvalue weighted by atomic mass is 35.5. The molecule has 21 heavy (non-hydrogen) atoms. The number of halogens is 1. The highest BCUT2D eigenvalue weighted by molar-refractivity contribution is 6.31. The van der Waals surface area contributed by atoms with Crippen molar-refractivity contribution in [1.29, 1.82) is 0 Å². The third-order valence-electron chi connectivity index (χ3n) is 3.66. The second-order valence-electron chi connectivity index (χ2n) is 4.98. The van der Waals surface area contributed by atoms with Gasteiger partial charge in [-0.3, -0.25) is 4.79 Å². The molecule has 0 fully saturated rings. The topological polar surface area (TPSA) is 42.2 Å². The maximum atomic E-state index is 11.2. The molecule has 2 aromatic carbocycles. The first kappa shape index (κ1) is 13.7. The smallest absolute Gasteiger partial charge is 0.309 e. The average Bonchev–Trinajstić information content (AvgIpc) is 2.72. The lowest BCUT2D eigenvalue weighted by atomic mass is 10.0. The molecule has 0 aliphatic rings. The number of benzene rings is 2. The Bertz CT molecular complexity index is 822. The number of carbonyl (C=O) groups is 1. The van der Waals surface area contributed by atoms with Crippen LogP contribution in [-0.4, -0.2) is 15.6 Å². The van der Waals surface area contributed by atoms with Gasteiger partial charge in [-0.15, -0.1) is 0 Å². The lowest BCUT2D eigenvalue weighted by Crippen LogP contribution is -2.06. The minimum atomic E-state index is -0.843. The van der Waals surface area contributed by atoms with Crippen LogP contribution in [-0.2, 0) is 18.3 Å². The number of nitrogens with zero attached hydrogens (tertiary/aromatic N) is 1. The molecule has 1 N–H and O–H groups in total. The van der Waals surface area contributed by atoms with Crippen molar-refractivity contribution in [3.8, 4) is 11.1 Å². The maximum absolute atomic E-state index is 11.2. The van der Waals surface area contributed by atoms with Crippen LogP contribution in [0.4, 0.5) is 0 Å². The second kappa shape index (κ2) is 5.26. The van der Waals surface area contributed by atoms with E-state index < -0.39 is 5.97 Å². The summed E-state index contributed by atoms with van der Waals surface area (Å²) in [5.74, 6) is -0.843. The first-order valence-electron chi connectivity index (χ1n) is 6.62. The number of fused-ring (bicyclic) bond motifs is 1. The van der Waals surface area contributed by atoms with Gasteiger partial charge in [0, 0.05) is 34.2 Å². The fourth-order valence-corrected chi connectivity index (χ4v) is 2.92. The van der Waals surface area contributed by atoms with Gasteiger partial charge in [0.2, 0.25) is 0 Å². The molecule has 0 saturated heterocycles. The largest absolute Gasteiger partial charge is 0.481 e. The Morgan fingerprint density at radius 2 is 1.90 bits per heavy atom. The Morgan fingerprint density at radius 3 is 2.57 bits per heavy atom. The van der Waals surface area contributed by atoms with Crippen LogP contribution in [0.5, 0.6) is 0 Å². The van der Waals surface area contributed by atoms with Crippen molar-refractivity contribution in [2.75, 3.05) is 0 Å². The van der Waals surface area contributed by atoms with E-state index in [9.17, 15) is 9.90 Å². The first-order chi connectivity index (χ1) is 10.1. The van der Waals surface area contributed by atoms with Crippen molar-refractivity contribution in [2.24, 2.45) is 7.05 Å². The molecular formula is C17H14ClNO2. The summed E-state index contributed by atoms with van der Waals surface area (Å²) in [5.41, 5.74) is 3.71. The van der Waals surface area contributed by atoms with Crippen molar-refractivity contribution in [3.05, 3.63) is 59.2 Å². The van der Waals surface area contributed by atoms with Gasteiger partial charge in [-0.1, -0.05) is 41.9 Å². The molecule has 0 amide bonds. The molecule has 0 spiro atoms. The summed E-state index contributed by atoms with van der Waals surface area (Å²) >= 11 is 6.12. The van der Waals surface area contributed by atoms with Crippen LogP contribution >= 0.6 is 11.6 Å². The van der Waals surface area contributed by atoms with E-state index in [-0.39, 0.29) is 6.42 Å². The molecule has 0 radical (unpaired) electrons. The normalized spacial score (nSPS) is 11.0. The van der Waals surface area contributed by atoms with E-state index >= 15 is 0 Å². The molecular weight excluding hydrogens is 286 g/mol. The SMILES string of the molecule is Cn1c(CC(=O)O)c(-c2ccccc2)c2cc(Cl)ccc21. The molecule has 0 saturated carbocycles. The van der Waals surface area contributed by atoms with E-state index in [0.29, 0.717) is 5.02 Å². The Morgan fingerprint density at radius 1 is 1.19 bits per heavy atom. The summed E-state index contributed by atoms with van der Waals surface area (Å²) in [7, 11) is 1.89. The number of hydrogen-bond acceptors (Lipinski definition) is 1. The first-order valence-corrected chi connectivity index (χ1v) is 6.99. The van der Waals surface area contributed by atoms with Gasteiger partial charge in [0.15, 0.2) is 0 Å². The second-order valence-corrected chi connectivity index (χ2v) is 5.42. The van der Waals surface area contributed by atoms with Crippen LogP contribution in [0, 0.1) is 0 Å². The predicted molar refractivity (Wildman–Crippen MR) is 84.7 cm³/mol. The molecule has 0 aliphatic carbocycles. The molecule has 3 nitrogen and oxygen atoms in total. The Hall–Kier alpha value is -2.26. The Balaban J connectivity index is 2.38. The summed E-state index contributed by atoms with van der Waals surface area (Å²) in [6, 6.07) is 15.5. The number of hydrogen-bond donors (Lipinski definition) is 1. The fourth-order valence-electron chi connectivity index (χ4n) is 2.75. The van der Waals surface area contributed by atoms with Gasteiger partial charge in [0.25, 0.3) is 0 Å². The number of rotatable bonds is 3. The summed E-state index contributed by atoms with van der Waals surface area (Å²) in [6.45, 7) is 0. The quantitative estimate of drug-likeness (QED) is 0.790. The summed E-state index contributed by atoms with van der Waals surface area (Å²) < 4.78 is 1.93. The minimum absolute atomic E-state index is 0.0208. The van der Waals surface area contributed by atoms with E-state index in [1.165, 1.54) is 0 Å². The van der Waals surface area contributed by atoms with Crippen LogP contribution in [0.15, 0.2) is 48.5 Å². The molecule has 1 aromatic heterocycles. The number of carboxylic acid groups (broad SMARTS) is 1. The van der Waals surface area contributed by atoms with E-state index in [2.05, 4.69) is 0 Å². The minimum Gasteiger partial charge on any atom is -0.481 e. The standard InChI is InChI=1S/C17H14ClNO2/c1-19-14-8-7-12(18)9-13(14)17(15(19)10-16(20)21)11-5-3-2-4-6-11/h2-9H,10H2,1H3,(H,20,21). The number of aliphatic carboxylic acids is 1. The highest BCUT2D eigenvalue weighted by Crippen LogP contribution is 2.36. The Kier molecular flexibility index (Phi) is 3.43. The van der Waals surface area contributed by atoms with Crippen LogP contribution in [0.3, 0.4) is 0 Å². The van der Waals surface area contributed by atoms with Gasteiger partial charge < -0.3 is 9.67 Å². The van der Waals surface area contributed by atoms with Gasteiger partial charge in [-0.25, -0.2) is 0 Å². The Labute approximate surface area is 127 Å². The zero-order valence-electron chi connectivity index (χ0n) is 11.5. The number of aromatic nitrogens is 1. The van der Waals surface area contributed by atoms with Gasteiger partial charge in [-0.05, 0) is 23.8 Å². The van der Waals surface area contributed by atoms with Gasteiger partial charge in [0.1, 0.15) is 0 Å². The van der Waals surface area contributed by atoms with E-state index in [1.807, 2.05) is 60.1 Å². The van der Waals surface area contributed by atoms with E-state index in [0.717, 1.165) is 27.7 Å². The summed E-state index contributed by atoms with van der Waals surface area (Å²) in [5, 5.41) is 10.8. The average molecular weight is 300 g/mol. The predicted octanol–water partition coefficient (Wildman–Crippen LogP) is 4.13. The van der Waals surface area contributed by atoms with Crippen molar-refractivity contribution >= 4 is 28.5 Å². The number of aryl methyl sites for hydroxylation is 1. The summed E-state index contributed by atoms with van der Waals surface area (Å²) in [4.78, 5) is 11.2. The third-order valence-corrected chi connectivity index (χ3v) is 3.90.